The van der Waals surface area contributed by atoms with Crippen molar-refractivity contribution in [3.63, 3.8) is 0 Å². The number of carbonyl (C=O) groups is 1. The van der Waals surface area contributed by atoms with E-state index in [2.05, 4.69) is 26.5 Å². The van der Waals surface area contributed by atoms with Gasteiger partial charge in [-0.15, -0.1) is 0 Å². The van der Waals surface area contributed by atoms with Crippen molar-refractivity contribution in [1.82, 2.24) is 9.99 Å². The minimum absolute atomic E-state index is 0.201. The molecule has 1 aromatic heterocycles. The minimum Gasteiger partial charge on any atom is -0.284 e. The SMILES string of the molecule is O=C(NN=Cc1sc(=O)n(Cc2ccc(Br)cc2)c1Cl)c1ccc(Cl)cc1. The summed E-state index contributed by atoms with van der Waals surface area (Å²) in [6, 6.07) is 14.0. The van der Waals surface area contributed by atoms with Gasteiger partial charge in [0.2, 0.25) is 0 Å². The van der Waals surface area contributed by atoms with Crippen LogP contribution >= 0.6 is 50.5 Å². The Kier molecular flexibility index (Phi) is 6.49. The number of carbonyl (C=O) groups excluding carboxylic acids is 1. The van der Waals surface area contributed by atoms with Crippen molar-refractivity contribution in [3.05, 3.63) is 88.9 Å². The van der Waals surface area contributed by atoms with Crippen LogP contribution in [0.25, 0.3) is 0 Å². The van der Waals surface area contributed by atoms with Crippen LogP contribution in [-0.2, 0) is 6.54 Å². The van der Waals surface area contributed by atoms with E-state index in [0.29, 0.717) is 22.0 Å². The molecular formula is C18H12BrCl2N3O2S. The molecule has 1 amide bonds. The van der Waals surface area contributed by atoms with E-state index < -0.39 is 0 Å². The quantitative estimate of drug-likeness (QED) is 0.418. The minimum atomic E-state index is -0.388. The van der Waals surface area contributed by atoms with Gasteiger partial charge in [0.05, 0.1) is 17.6 Å². The van der Waals surface area contributed by atoms with Crippen molar-refractivity contribution < 1.29 is 4.79 Å². The van der Waals surface area contributed by atoms with E-state index in [1.165, 1.54) is 10.8 Å². The molecule has 0 aliphatic carbocycles. The molecule has 3 rings (SSSR count). The van der Waals surface area contributed by atoms with Crippen molar-refractivity contribution in [2.75, 3.05) is 0 Å². The first-order valence-electron chi connectivity index (χ1n) is 7.66. The van der Waals surface area contributed by atoms with Gasteiger partial charge < -0.3 is 0 Å². The van der Waals surface area contributed by atoms with Crippen LogP contribution in [0.5, 0.6) is 0 Å². The van der Waals surface area contributed by atoms with E-state index in [4.69, 9.17) is 23.2 Å². The Morgan fingerprint density at radius 1 is 1.15 bits per heavy atom. The molecule has 0 saturated heterocycles. The smallest absolute Gasteiger partial charge is 0.284 e. The van der Waals surface area contributed by atoms with Gasteiger partial charge in [-0.05, 0) is 42.0 Å². The highest BCUT2D eigenvalue weighted by atomic mass is 79.9. The average Bonchev–Trinajstić information content (AvgIpc) is 2.91. The molecule has 0 atom stereocenters. The lowest BCUT2D eigenvalue weighted by molar-refractivity contribution is 0.0955. The summed E-state index contributed by atoms with van der Waals surface area (Å²) < 4.78 is 2.41. The molecule has 9 heteroatoms. The number of nitrogens with one attached hydrogen (secondary N) is 1. The predicted molar refractivity (Wildman–Crippen MR) is 113 cm³/mol. The van der Waals surface area contributed by atoms with Crippen LogP contribution in [0.1, 0.15) is 20.8 Å². The maximum absolute atomic E-state index is 12.2. The second-order valence-corrected chi connectivity index (χ2v) is 8.14. The van der Waals surface area contributed by atoms with Gasteiger partial charge in [0.25, 0.3) is 5.91 Å². The molecule has 0 aliphatic rings. The normalized spacial score (nSPS) is 11.1. The van der Waals surface area contributed by atoms with Gasteiger partial charge in [-0.25, -0.2) is 5.43 Å². The number of hydrogen-bond acceptors (Lipinski definition) is 4. The fraction of sp³-hybridized carbons (Fsp3) is 0.0556. The van der Waals surface area contributed by atoms with Gasteiger partial charge in [-0.2, -0.15) is 5.10 Å². The molecule has 0 saturated carbocycles. The molecule has 0 bridgehead atoms. The van der Waals surface area contributed by atoms with Crippen LogP contribution in [0.3, 0.4) is 0 Å². The van der Waals surface area contributed by atoms with Crippen molar-refractivity contribution >= 4 is 62.6 Å². The number of benzene rings is 2. The zero-order valence-corrected chi connectivity index (χ0v) is 17.6. The third-order valence-corrected chi connectivity index (χ3v) is 5.78. The number of amides is 1. The fourth-order valence-corrected chi connectivity index (χ4v) is 3.70. The van der Waals surface area contributed by atoms with Crippen LogP contribution < -0.4 is 10.3 Å². The van der Waals surface area contributed by atoms with E-state index in [-0.39, 0.29) is 15.9 Å². The summed E-state index contributed by atoms with van der Waals surface area (Å²) in [4.78, 5) is 24.5. The topological polar surface area (TPSA) is 63.5 Å². The lowest BCUT2D eigenvalue weighted by Crippen LogP contribution is -2.17. The molecule has 5 nitrogen and oxygen atoms in total. The van der Waals surface area contributed by atoms with E-state index in [9.17, 15) is 9.59 Å². The maximum Gasteiger partial charge on any atom is 0.309 e. The Labute approximate surface area is 177 Å². The number of halogens is 3. The number of thiazole rings is 1. The van der Waals surface area contributed by atoms with Crippen LogP contribution in [0.15, 0.2) is 62.9 Å². The van der Waals surface area contributed by atoms with Crippen LogP contribution in [0.2, 0.25) is 10.2 Å². The Bertz CT molecular complexity index is 1040. The van der Waals surface area contributed by atoms with Crippen molar-refractivity contribution in [2.24, 2.45) is 5.10 Å². The van der Waals surface area contributed by atoms with E-state index in [0.717, 1.165) is 21.4 Å². The number of aromatic nitrogens is 1. The summed E-state index contributed by atoms with van der Waals surface area (Å²) in [7, 11) is 0. The molecule has 27 heavy (non-hydrogen) atoms. The number of hydrogen-bond donors (Lipinski definition) is 1. The third-order valence-electron chi connectivity index (χ3n) is 3.57. The van der Waals surface area contributed by atoms with Gasteiger partial charge in [0, 0.05) is 15.1 Å². The Hall–Kier alpha value is -1.93. The average molecular weight is 485 g/mol. The zero-order chi connectivity index (χ0) is 19.4. The summed E-state index contributed by atoms with van der Waals surface area (Å²) in [5.41, 5.74) is 3.76. The van der Waals surface area contributed by atoms with E-state index in [1.54, 1.807) is 24.3 Å². The molecule has 0 radical (unpaired) electrons. The first-order valence-corrected chi connectivity index (χ1v) is 10.0. The third kappa shape index (κ3) is 5.07. The second-order valence-electron chi connectivity index (χ2n) is 5.44. The molecule has 1 heterocycles. The molecular weight excluding hydrogens is 473 g/mol. The van der Waals surface area contributed by atoms with Crippen LogP contribution in [0.4, 0.5) is 0 Å². The standard InChI is InChI=1S/C18H12BrCl2N3O2S/c19-13-5-1-11(2-6-13)10-24-16(21)15(27-18(24)26)9-22-23-17(25)12-3-7-14(20)8-4-12/h1-9H,10H2,(H,23,25). The van der Waals surface area contributed by atoms with Gasteiger partial charge >= 0.3 is 4.87 Å². The molecule has 3 aromatic rings. The van der Waals surface area contributed by atoms with Crippen molar-refractivity contribution in [1.29, 1.82) is 0 Å². The summed E-state index contributed by atoms with van der Waals surface area (Å²) in [6.45, 7) is 0.354. The fourth-order valence-electron chi connectivity index (χ4n) is 2.21. The first kappa shape index (κ1) is 19.8. The van der Waals surface area contributed by atoms with Gasteiger partial charge in [-0.1, -0.05) is 62.6 Å². The Morgan fingerprint density at radius 2 is 1.81 bits per heavy atom. The van der Waals surface area contributed by atoms with E-state index in [1.807, 2.05) is 24.3 Å². The number of nitrogens with zero attached hydrogens (tertiary/aromatic N) is 2. The van der Waals surface area contributed by atoms with Crippen molar-refractivity contribution in [2.45, 2.75) is 6.54 Å². The Morgan fingerprint density at radius 3 is 2.48 bits per heavy atom. The largest absolute Gasteiger partial charge is 0.309 e. The molecule has 1 N–H and O–H groups in total. The molecule has 0 fully saturated rings. The number of hydrazone groups is 1. The summed E-state index contributed by atoms with van der Waals surface area (Å²) in [5.74, 6) is -0.388. The summed E-state index contributed by atoms with van der Waals surface area (Å²) in [6.07, 6.45) is 1.36. The molecule has 0 spiro atoms. The zero-order valence-electron chi connectivity index (χ0n) is 13.7. The lowest BCUT2D eigenvalue weighted by Gasteiger charge is -2.04. The summed E-state index contributed by atoms with van der Waals surface area (Å²) >= 11 is 16.4. The molecule has 0 aliphatic heterocycles. The van der Waals surface area contributed by atoms with Gasteiger partial charge in [0.1, 0.15) is 5.15 Å². The highest BCUT2D eigenvalue weighted by Gasteiger charge is 2.12. The highest BCUT2D eigenvalue weighted by molar-refractivity contribution is 9.10. The lowest BCUT2D eigenvalue weighted by atomic mass is 10.2. The molecule has 2 aromatic carbocycles. The Balaban J connectivity index is 1.71. The maximum atomic E-state index is 12.2. The molecule has 138 valence electrons. The summed E-state index contributed by atoms with van der Waals surface area (Å²) in [5, 5.41) is 4.70. The monoisotopic (exact) mass is 483 g/mol. The van der Waals surface area contributed by atoms with Crippen LogP contribution in [0, 0.1) is 0 Å². The van der Waals surface area contributed by atoms with Crippen molar-refractivity contribution in [3.8, 4) is 0 Å². The number of rotatable bonds is 5. The molecule has 0 unspecified atom stereocenters. The predicted octanol–water partition coefficient (Wildman–Crippen LogP) is 4.79. The van der Waals surface area contributed by atoms with Gasteiger partial charge in [-0.3, -0.25) is 14.2 Å². The van der Waals surface area contributed by atoms with Crippen LogP contribution in [-0.4, -0.2) is 16.7 Å². The highest BCUT2D eigenvalue weighted by Crippen LogP contribution is 2.19. The van der Waals surface area contributed by atoms with E-state index >= 15 is 0 Å². The van der Waals surface area contributed by atoms with Gasteiger partial charge in [0.15, 0.2) is 0 Å². The first-order chi connectivity index (χ1) is 12.9. The second kappa shape index (κ2) is 8.84.